The molecule has 2 fully saturated rings. The molecule has 1 N–H and O–H groups in total. The van der Waals surface area contributed by atoms with Crippen LogP contribution in [0, 0.1) is 6.92 Å². The zero-order valence-corrected chi connectivity index (χ0v) is 19.2. The minimum atomic E-state index is 0.138. The van der Waals surface area contributed by atoms with Crippen LogP contribution in [-0.2, 0) is 4.74 Å². The number of aryl methyl sites for hydroxylation is 1. The largest absolute Gasteiger partial charge is 0.488 e. The minimum absolute atomic E-state index is 0.138. The topological polar surface area (TPSA) is 98.4 Å². The van der Waals surface area contributed by atoms with Gasteiger partial charge in [0.2, 0.25) is 0 Å². The fraction of sp³-hybridized carbons (Fsp3) is 0.440. The maximum atomic E-state index is 6.54. The zero-order valence-electron chi connectivity index (χ0n) is 19.2. The molecule has 4 heterocycles. The molecule has 176 valence electrons. The molecule has 0 unspecified atom stereocenters. The fourth-order valence-electron chi connectivity index (χ4n) is 4.90. The van der Waals surface area contributed by atoms with Gasteiger partial charge in [0.25, 0.3) is 0 Å². The maximum absolute atomic E-state index is 6.54. The van der Waals surface area contributed by atoms with E-state index in [4.69, 9.17) is 13.9 Å². The van der Waals surface area contributed by atoms with Gasteiger partial charge in [0, 0.05) is 49.3 Å². The number of nitrogens with zero attached hydrogens (tertiary/aromatic N) is 5. The molecule has 1 aliphatic heterocycles. The molecule has 9 heteroatoms. The fourth-order valence-corrected chi connectivity index (χ4v) is 4.90. The number of furan rings is 1. The number of rotatable bonds is 5. The lowest BCUT2D eigenvalue weighted by Gasteiger charge is -2.31. The van der Waals surface area contributed by atoms with E-state index in [0.717, 1.165) is 91.6 Å². The quantitative estimate of drug-likeness (QED) is 0.472. The van der Waals surface area contributed by atoms with Gasteiger partial charge in [-0.2, -0.15) is 0 Å². The monoisotopic (exact) mass is 460 g/mol. The summed E-state index contributed by atoms with van der Waals surface area (Å²) in [4.78, 5) is 20.4. The summed E-state index contributed by atoms with van der Waals surface area (Å²) in [5, 5.41) is 3.58. The highest BCUT2D eigenvalue weighted by atomic mass is 16.5. The van der Waals surface area contributed by atoms with Crippen molar-refractivity contribution < 1.29 is 13.9 Å². The van der Waals surface area contributed by atoms with Crippen LogP contribution >= 0.6 is 0 Å². The van der Waals surface area contributed by atoms with E-state index in [1.165, 1.54) is 0 Å². The first-order valence-corrected chi connectivity index (χ1v) is 12.0. The molecule has 3 aromatic heterocycles. The van der Waals surface area contributed by atoms with Crippen molar-refractivity contribution in [2.45, 2.75) is 44.8 Å². The van der Waals surface area contributed by atoms with E-state index in [-0.39, 0.29) is 6.10 Å². The molecule has 0 bridgehead atoms. The Morgan fingerprint density at radius 3 is 2.68 bits per heavy atom. The average Bonchev–Trinajstić information content (AvgIpc) is 3.34. The summed E-state index contributed by atoms with van der Waals surface area (Å²) in [5.74, 6) is 2.32. The van der Waals surface area contributed by atoms with Crippen LogP contribution in [-0.4, -0.2) is 58.4 Å². The molecule has 0 radical (unpaired) electrons. The second-order valence-electron chi connectivity index (χ2n) is 8.96. The molecule has 0 atom stereocenters. The molecule has 0 amide bonds. The molecule has 6 rings (SSSR count). The predicted octanol–water partition coefficient (Wildman–Crippen LogP) is 4.11. The summed E-state index contributed by atoms with van der Waals surface area (Å²) in [6.07, 6.45) is 9.14. The SMILES string of the molecule is Cc1nc(N[C@H]2CC[C@@H](Oc3cc(N4CCOCC4)cc4nccnc34)CC2)c2occc2n1. The third-order valence-corrected chi connectivity index (χ3v) is 6.62. The van der Waals surface area contributed by atoms with Crippen LogP contribution in [0.3, 0.4) is 0 Å². The van der Waals surface area contributed by atoms with E-state index in [0.29, 0.717) is 11.6 Å². The average molecular weight is 461 g/mol. The number of morpholine rings is 1. The van der Waals surface area contributed by atoms with Gasteiger partial charge in [0.1, 0.15) is 22.6 Å². The van der Waals surface area contributed by atoms with Crippen LogP contribution in [0.5, 0.6) is 5.75 Å². The summed E-state index contributed by atoms with van der Waals surface area (Å²) in [6, 6.07) is 6.40. The normalized spacial score (nSPS) is 21.1. The first-order valence-electron chi connectivity index (χ1n) is 12.0. The van der Waals surface area contributed by atoms with Crippen LogP contribution in [0.4, 0.5) is 11.5 Å². The van der Waals surface area contributed by atoms with Gasteiger partial charge in [-0.1, -0.05) is 0 Å². The van der Waals surface area contributed by atoms with Gasteiger partial charge in [-0.25, -0.2) is 15.0 Å². The highest BCUT2D eigenvalue weighted by Crippen LogP contribution is 2.33. The third kappa shape index (κ3) is 4.23. The van der Waals surface area contributed by atoms with Gasteiger partial charge >= 0.3 is 0 Å². The second kappa shape index (κ2) is 9.06. The molecular weight excluding hydrogens is 432 g/mol. The Balaban J connectivity index is 1.16. The number of nitrogens with one attached hydrogen (secondary N) is 1. The smallest absolute Gasteiger partial charge is 0.194 e. The van der Waals surface area contributed by atoms with Crippen molar-refractivity contribution in [3.05, 3.63) is 42.7 Å². The molecule has 1 saturated heterocycles. The van der Waals surface area contributed by atoms with E-state index in [2.05, 4.69) is 42.3 Å². The molecule has 1 saturated carbocycles. The van der Waals surface area contributed by atoms with Crippen molar-refractivity contribution >= 4 is 33.6 Å². The van der Waals surface area contributed by atoms with Crippen molar-refractivity contribution in [1.29, 1.82) is 0 Å². The number of benzene rings is 1. The van der Waals surface area contributed by atoms with Gasteiger partial charge in [-0.05, 0) is 38.7 Å². The number of aromatic nitrogens is 4. The third-order valence-electron chi connectivity index (χ3n) is 6.62. The summed E-state index contributed by atoms with van der Waals surface area (Å²) in [5.41, 5.74) is 4.34. The van der Waals surface area contributed by atoms with Crippen LogP contribution in [0.2, 0.25) is 0 Å². The summed E-state index contributed by atoms with van der Waals surface area (Å²) in [6.45, 7) is 5.12. The zero-order chi connectivity index (χ0) is 22.9. The number of hydrogen-bond acceptors (Lipinski definition) is 9. The Labute approximate surface area is 197 Å². The van der Waals surface area contributed by atoms with Gasteiger partial charge in [-0.3, -0.25) is 4.98 Å². The van der Waals surface area contributed by atoms with Gasteiger partial charge < -0.3 is 24.1 Å². The van der Waals surface area contributed by atoms with Crippen molar-refractivity contribution in [1.82, 2.24) is 19.9 Å². The Morgan fingerprint density at radius 2 is 1.82 bits per heavy atom. The Bertz CT molecular complexity index is 1290. The molecular formula is C25H28N6O3. The van der Waals surface area contributed by atoms with Crippen molar-refractivity contribution in [3.63, 3.8) is 0 Å². The molecule has 9 nitrogen and oxygen atoms in total. The van der Waals surface area contributed by atoms with Gasteiger partial charge in [0.15, 0.2) is 11.4 Å². The van der Waals surface area contributed by atoms with Crippen LogP contribution in [0.25, 0.3) is 22.1 Å². The number of hydrogen-bond donors (Lipinski definition) is 1. The molecule has 1 aliphatic carbocycles. The molecule has 4 aromatic rings. The lowest BCUT2D eigenvalue weighted by molar-refractivity contribution is 0.122. The number of anilines is 2. The van der Waals surface area contributed by atoms with Gasteiger partial charge in [0.05, 0.1) is 31.1 Å². The number of fused-ring (bicyclic) bond motifs is 2. The second-order valence-corrected chi connectivity index (χ2v) is 8.96. The van der Waals surface area contributed by atoms with Gasteiger partial charge in [-0.15, -0.1) is 0 Å². The minimum Gasteiger partial charge on any atom is -0.488 e. The van der Waals surface area contributed by atoms with Crippen molar-refractivity contribution in [2.24, 2.45) is 0 Å². The molecule has 1 aromatic carbocycles. The maximum Gasteiger partial charge on any atom is 0.194 e. The first kappa shape index (κ1) is 21.1. The number of ether oxygens (including phenoxy) is 2. The van der Waals surface area contributed by atoms with Crippen LogP contribution in [0.1, 0.15) is 31.5 Å². The lowest BCUT2D eigenvalue weighted by atomic mass is 9.93. The van der Waals surface area contributed by atoms with E-state index in [9.17, 15) is 0 Å². The summed E-state index contributed by atoms with van der Waals surface area (Å²) in [7, 11) is 0. The van der Waals surface area contributed by atoms with Crippen LogP contribution < -0.4 is 15.0 Å². The van der Waals surface area contributed by atoms with Crippen molar-refractivity contribution in [3.8, 4) is 5.75 Å². The van der Waals surface area contributed by atoms with E-state index >= 15 is 0 Å². The standard InChI is InChI=1S/C25H28N6O3/c1-16-28-20-6-11-33-24(20)25(29-16)30-17-2-4-19(5-3-17)34-22-15-18(31-9-12-32-13-10-31)14-21-23(22)27-8-7-26-21/h6-8,11,14-15,17,19H,2-5,9-10,12-13H2,1H3,(H,28,29,30)/t17-,19+. The first-order chi connectivity index (χ1) is 16.7. The van der Waals surface area contributed by atoms with E-state index in [1.807, 2.05) is 13.0 Å². The Hall–Kier alpha value is -3.46. The summed E-state index contributed by atoms with van der Waals surface area (Å²) >= 11 is 0. The van der Waals surface area contributed by atoms with E-state index in [1.54, 1.807) is 18.7 Å². The highest BCUT2D eigenvalue weighted by molar-refractivity contribution is 5.85. The Morgan fingerprint density at radius 1 is 1.00 bits per heavy atom. The van der Waals surface area contributed by atoms with Crippen LogP contribution in [0.15, 0.2) is 41.3 Å². The lowest BCUT2D eigenvalue weighted by Crippen LogP contribution is -2.36. The van der Waals surface area contributed by atoms with E-state index < -0.39 is 0 Å². The molecule has 0 spiro atoms. The highest BCUT2D eigenvalue weighted by Gasteiger charge is 2.25. The predicted molar refractivity (Wildman–Crippen MR) is 129 cm³/mol. The summed E-state index contributed by atoms with van der Waals surface area (Å²) < 4.78 is 17.7. The van der Waals surface area contributed by atoms with Crippen molar-refractivity contribution in [2.75, 3.05) is 36.5 Å². The Kier molecular flexibility index (Phi) is 5.62. The molecule has 2 aliphatic rings. The molecule has 34 heavy (non-hydrogen) atoms.